The Balaban J connectivity index is 2.05. The number of phenols is 1. The number of nitrogens with zero attached hydrogens (tertiary/aromatic N) is 2. The molecule has 0 saturated heterocycles. The van der Waals surface area contributed by atoms with Crippen molar-refractivity contribution in [2.45, 2.75) is 58.4 Å². The SMILES string of the molecule is COc1ccc(-c2nc(NCCCC(N)C(=O)O)ncc2-c2cc(C(C)C)cc(C(C)C)c2)c(O)c1. The summed E-state index contributed by atoms with van der Waals surface area (Å²) in [6, 6.07) is 10.8. The Morgan fingerprint density at radius 3 is 2.28 bits per heavy atom. The number of aromatic nitrogens is 2. The molecule has 0 aliphatic rings. The first-order valence-corrected chi connectivity index (χ1v) is 12.2. The van der Waals surface area contributed by atoms with Crippen molar-refractivity contribution in [3.8, 4) is 33.9 Å². The van der Waals surface area contributed by atoms with Crippen LogP contribution in [0.3, 0.4) is 0 Å². The number of aromatic hydroxyl groups is 1. The van der Waals surface area contributed by atoms with Crippen molar-refractivity contribution >= 4 is 11.9 Å². The van der Waals surface area contributed by atoms with Gasteiger partial charge in [0.15, 0.2) is 0 Å². The minimum absolute atomic E-state index is 0.0526. The molecule has 0 aliphatic carbocycles. The van der Waals surface area contributed by atoms with Crippen molar-refractivity contribution in [3.63, 3.8) is 0 Å². The van der Waals surface area contributed by atoms with Gasteiger partial charge < -0.3 is 26.0 Å². The van der Waals surface area contributed by atoms with Crippen LogP contribution >= 0.6 is 0 Å². The fourth-order valence-electron chi connectivity index (χ4n) is 3.87. The van der Waals surface area contributed by atoms with E-state index in [2.05, 4.69) is 56.2 Å². The van der Waals surface area contributed by atoms with E-state index in [0.717, 1.165) is 11.1 Å². The molecule has 8 heteroatoms. The molecular weight excluding hydrogens is 456 g/mol. The normalized spacial score (nSPS) is 12.1. The quantitative estimate of drug-likeness (QED) is 0.263. The van der Waals surface area contributed by atoms with Crippen LogP contribution in [0.1, 0.15) is 63.5 Å². The monoisotopic (exact) mass is 492 g/mol. The van der Waals surface area contributed by atoms with Gasteiger partial charge in [-0.15, -0.1) is 0 Å². The molecule has 1 atom stereocenters. The van der Waals surface area contributed by atoms with Crippen LogP contribution in [0.15, 0.2) is 42.6 Å². The minimum atomic E-state index is -1.02. The Labute approximate surface area is 212 Å². The molecule has 5 N–H and O–H groups in total. The summed E-state index contributed by atoms with van der Waals surface area (Å²) < 4.78 is 5.25. The molecule has 3 aromatic rings. The average molecular weight is 493 g/mol. The van der Waals surface area contributed by atoms with Crippen molar-refractivity contribution in [1.29, 1.82) is 0 Å². The van der Waals surface area contributed by atoms with Gasteiger partial charge in [0.25, 0.3) is 0 Å². The van der Waals surface area contributed by atoms with Gasteiger partial charge in [-0.05, 0) is 53.5 Å². The van der Waals surface area contributed by atoms with Gasteiger partial charge in [0.1, 0.15) is 17.5 Å². The smallest absolute Gasteiger partial charge is 0.320 e. The minimum Gasteiger partial charge on any atom is -0.507 e. The van der Waals surface area contributed by atoms with E-state index in [0.29, 0.717) is 54.2 Å². The van der Waals surface area contributed by atoms with Crippen molar-refractivity contribution in [2.75, 3.05) is 19.0 Å². The summed E-state index contributed by atoms with van der Waals surface area (Å²) in [6.45, 7) is 9.13. The molecule has 192 valence electrons. The molecule has 2 aromatic carbocycles. The summed E-state index contributed by atoms with van der Waals surface area (Å²) in [7, 11) is 1.55. The number of anilines is 1. The molecule has 0 saturated carbocycles. The van der Waals surface area contributed by atoms with Crippen molar-refractivity contribution < 1.29 is 19.7 Å². The highest BCUT2D eigenvalue weighted by atomic mass is 16.5. The van der Waals surface area contributed by atoms with Crippen molar-refractivity contribution in [1.82, 2.24) is 9.97 Å². The molecule has 0 aliphatic heterocycles. The van der Waals surface area contributed by atoms with E-state index >= 15 is 0 Å². The Morgan fingerprint density at radius 1 is 1.06 bits per heavy atom. The van der Waals surface area contributed by atoms with E-state index in [1.165, 1.54) is 11.1 Å². The highest BCUT2D eigenvalue weighted by Crippen LogP contribution is 2.39. The van der Waals surface area contributed by atoms with Crippen molar-refractivity contribution in [2.24, 2.45) is 5.73 Å². The predicted octanol–water partition coefficient (Wildman–Crippen LogP) is 5.38. The van der Waals surface area contributed by atoms with Gasteiger partial charge in [0, 0.05) is 29.9 Å². The Kier molecular flexibility index (Phi) is 8.88. The van der Waals surface area contributed by atoms with Crippen LogP contribution in [0.4, 0.5) is 5.95 Å². The Bertz CT molecular complexity index is 1180. The maximum Gasteiger partial charge on any atom is 0.320 e. The number of ether oxygens (including phenoxy) is 1. The number of benzene rings is 2. The second kappa shape index (κ2) is 11.9. The number of methoxy groups -OCH3 is 1. The topological polar surface area (TPSA) is 131 Å². The van der Waals surface area contributed by atoms with Crippen LogP contribution in [0.5, 0.6) is 11.5 Å². The molecular formula is C28H36N4O4. The summed E-state index contributed by atoms with van der Waals surface area (Å²) in [5, 5.41) is 22.9. The zero-order chi connectivity index (χ0) is 26.4. The number of hydrogen-bond donors (Lipinski definition) is 4. The number of aliphatic carboxylic acids is 1. The number of phenolic OH excluding ortho intramolecular Hbond substituents is 1. The van der Waals surface area contributed by atoms with Crippen molar-refractivity contribution in [3.05, 3.63) is 53.7 Å². The molecule has 0 amide bonds. The highest BCUT2D eigenvalue weighted by molar-refractivity contribution is 5.84. The maximum atomic E-state index is 10.9. The lowest BCUT2D eigenvalue weighted by Crippen LogP contribution is -2.30. The van der Waals surface area contributed by atoms with Crippen LogP contribution in [-0.2, 0) is 4.79 Å². The number of hydrogen-bond acceptors (Lipinski definition) is 7. The van der Waals surface area contributed by atoms with Crippen LogP contribution in [0, 0.1) is 0 Å². The van der Waals surface area contributed by atoms with Gasteiger partial charge in [-0.3, -0.25) is 4.79 Å². The lowest BCUT2D eigenvalue weighted by Gasteiger charge is -2.17. The lowest BCUT2D eigenvalue weighted by molar-refractivity contribution is -0.138. The second-order valence-corrected chi connectivity index (χ2v) is 9.55. The van der Waals surface area contributed by atoms with Gasteiger partial charge in [-0.1, -0.05) is 45.9 Å². The third-order valence-corrected chi connectivity index (χ3v) is 6.16. The van der Waals surface area contributed by atoms with Crippen LogP contribution in [0.2, 0.25) is 0 Å². The second-order valence-electron chi connectivity index (χ2n) is 9.55. The Hall–Kier alpha value is -3.65. The van der Waals surface area contributed by atoms with E-state index in [-0.39, 0.29) is 5.75 Å². The van der Waals surface area contributed by atoms with Gasteiger partial charge in [-0.2, -0.15) is 0 Å². The van der Waals surface area contributed by atoms with Gasteiger partial charge in [0.05, 0.1) is 12.8 Å². The standard InChI is InChI=1S/C28H36N4O4/c1-16(2)18-11-19(17(3)4)13-20(12-18)23-15-31-28(30-10-6-7-24(29)27(34)35)32-26(23)22-9-8-21(36-5)14-25(22)33/h8-9,11-17,24,33H,6-7,10,29H2,1-5H3,(H,34,35)(H,30,31,32). The van der Waals surface area contributed by atoms with E-state index in [1.807, 2.05) is 0 Å². The molecule has 0 bridgehead atoms. The van der Waals surface area contributed by atoms with Crippen LogP contribution in [-0.4, -0.2) is 45.8 Å². The average Bonchev–Trinajstić information content (AvgIpc) is 2.85. The van der Waals surface area contributed by atoms with E-state index in [9.17, 15) is 9.90 Å². The molecule has 0 radical (unpaired) electrons. The number of nitrogens with two attached hydrogens (primary N) is 1. The van der Waals surface area contributed by atoms with Crippen LogP contribution < -0.4 is 15.8 Å². The lowest BCUT2D eigenvalue weighted by atomic mass is 9.90. The third kappa shape index (κ3) is 6.51. The maximum absolute atomic E-state index is 10.9. The fraction of sp³-hybridized carbons (Fsp3) is 0.393. The molecule has 1 aromatic heterocycles. The summed E-state index contributed by atoms with van der Waals surface area (Å²) >= 11 is 0. The molecule has 3 rings (SSSR count). The fourth-order valence-corrected chi connectivity index (χ4v) is 3.87. The molecule has 1 heterocycles. The van der Waals surface area contributed by atoms with E-state index in [4.69, 9.17) is 20.6 Å². The number of carboxylic acids is 1. The molecule has 36 heavy (non-hydrogen) atoms. The van der Waals surface area contributed by atoms with Gasteiger partial charge in [-0.25, -0.2) is 9.97 Å². The summed E-state index contributed by atoms with van der Waals surface area (Å²) in [6.07, 6.45) is 2.66. The molecule has 0 fully saturated rings. The molecule has 8 nitrogen and oxygen atoms in total. The number of nitrogens with one attached hydrogen (secondary N) is 1. The van der Waals surface area contributed by atoms with Crippen LogP contribution in [0.25, 0.3) is 22.4 Å². The first-order valence-electron chi connectivity index (χ1n) is 12.2. The number of carboxylic acid groups (broad SMARTS) is 1. The summed E-state index contributed by atoms with van der Waals surface area (Å²) in [4.78, 5) is 20.2. The molecule has 1 unspecified atom stereocenters. The summed E-state index contributed by atoms with van der Waals surface area (Å²) in [5.74, 6) is 0.661. The summed E-state index contributed by atoms with van der Waals surface area (Å²) in [5.41, 5.74) is 11.0. The predicted molar refractivity (Wildman–Crippen MR) is 143 cm³/mol. The van der Waals surface area contributed by atoms with Gasteiger partial charge >= 0.3 is 5.97 Å². The van der Waals surface area contributed by atoms with E-state index in [1.54, 1.807) is 31.5 Å². The number of rotatable bonds is 11. The van der Waals surface area contributed by atoms with Gasteiger partial charge in [0.2, 0.25) is 5.95 Å². The highest BCUT2D eigenvalue weighted by Gasteiger charge is 2.18. The first-order chi connectivity index (χ1) is 17.1. The third-order valence-electron chi connectivity index (χ3n) is 6.16. The Morgan fingerprint density at radius 2 is 1.72 bits per heavy atom. The molecule has 0 spiro atoms. The largest absolute Gasteiger partial charge is 0.507 e. The number of carbonyl (C=O) groups is 1. The zero-order valence-corrected chi connectivity index (χ0v) is 21.6. The zero-order valence-electron chi connectivity index (χ0n) is 21.6. The first kappa shape index (κ1) is 26.9. The van der Waals surface area contributed by atoms with E-state index < -0.39 is 12.0 Å².